The van der Waals surface area contributed by atoms with Crippen LogP contribution in [0.5, 0.6) is 0 Å². The monoisotopic (exact) mass is 480 g/mol. The highest BCUT2D eigenvalue weighted by Gasteiger charge is 2.52. The van der Waals surface area contributed by atoms with Crippen LogP contribution in [0, 0.1) is 23.2 Å². The lowest BCUT2D eigenvalue weighted by molar-refractivity contribution is 0.239. The van der Waals surface area contributed by atoms with Gasteiger partial charge in [0.05, 0.1) is 29.9 Å². The van der Waals surface area contributed by atoms with E-state index in [-0.39, 0.29) is 17.9 Å². The van der Waals surface area contributed by atoms with Gasteiger partial charge >= 0.3 is 0 Å². The van der Waals surface area contributed by atoms with Gasteiger partial charge in [0.1, 0.15) is 12.0 Å². The minimum atomic E-state index is -3.47. The van der Waals surface area contributed by atoms with E-state index in [9.17, 15) is 13.7 Å². The van der Waals surface area contributed by atoms with Gasteiger partial charge in [-0.25, -0.2) is 9.97 Å². The summed E-state index contributed by atoms with van der Waals surface area (Å²) in [5.74, 6) is 0.438. The first-order valence-electron chi connectivity index (χ1n) is 12.0. The van der Waals surface area contributed by atoms with E-state index in [1.54, 1.807) is 10.5 Å². The highest BCUT2D eigenvalue weighted by Crippen LogP contribution is 2.50. The molecular formula is C23H28N8O2S. The molecule has 10 nitrogen and oxygen atoms in total. The predicted molar refractivity (Wildman–Crippen MR) is 125 cm³/mol. The van der Waals surface area contributed by atoms with Gasteiger partial charge in [0, 0.05) is 42.5 Å². The summed E-state index contributed by atoms with van der Waals surface area (Å²) in [5, 5.41) is 15.3. The highest BCUT2D eigenvalue weighted by molar-refractivity contribution is 7.87. The van der Waals surface area contributed by atoms with Gasteiger partial charge < -0.3 is 4.98 Å². The molecule has 6 rings (SSSR count). The zero-order chi connectivity index (χ0) is 23.3. The number of aromatic amines is 1. The predicted octanol–water partition coefficient (Wildman–Crippen LogP) is 2.55. The number of hydrogen-bond donors (Lipinski definition) is 2. The Hall–Kier alpha value is -2.81. The van der Waals surface area contributed by atoms with E-state index in [0.29, 0.717) is 19.5 Å². The molecule has 0 amide bonds. The van der Waals surface area contributed by atoms with Crippen molar-refractivity contribution < 1.29 is 8.42 Å². The fourth-order valence-electron chi connectivity index (χ4n) is 6.31. The van der Waals surface area contributed by atoms with Crippen LogP contribution >= 0.6 is 0 Å². The number of nitrogens with zero attached hydrogens (tertiary/aromatic N) is 6. The number of hydrogen-bond acceptors (Lipinski definition) is 6. The summed E-state index contributed by atoms with van der Waals surface area (Å²) >= 11 is 0. The van der Waals surface area contributed by atoms with E-state index in [0.717, 1.165) is 60.8 Å². The van der Waals surface area contributed by atoms with Crippen LogP contribution in [0.3, 0.4) is 0 Å². The molecule has 3 aliphatic rings. The van der Waals surface area contributed by atoms with Gasteiger partial charge in [-0.2, -0.15) is 27.8 Å². The Kier molecular flexibility index (Phi) is 5.20. The summed E-state index contributed by atoms with van der Waals surface area (Å²) in [7, 11) is -3.47. The van der Waals surface area contributed by atoms with Crippen molar-refractivity contribution in [2.24, 2.45) is 11.8 Å². The largest absolute Gasteiger partial charge is 0.346 e. The first kappa shape index (κ1) is 21.7. The van der Waals surface area contributed by atoms with E-state index < -0.39 is 15.7 Å². The zero-order valence-electron chi connectivity index (χ0n) is 18.9. The Balaban J connectivity index is 1.22. The lowest BCUT2D eigenvalue weighted by Crippen LogP contribution is -2.44. The van der Waals surface area contributed by atoms with Crippen molar-refractivity contribution in [2.45, 2.75) is 56.5 Å². The Labute approximate surface area is 198 Å². The molecule has 0 aromatic carbocycles. The second-order valence-corrected chi connectivity index (χ2v) is 11.7. The zero-order valence-corrected chi connectivity index (χ0v) is 19.7. The van der Waals surface area contributed by atoms with Crippen LogP contribution in [0.25, 0.3) is 22.3 Å². The Morgan fingerprint density at radius 1 is 1.21 bits per heavy atom. The quantitative estimate of drug-likeness (QED) is 0.557. The van der Waals surface area contributed by atoms with Crippen molar-refractivity contribution in [3.05, 3.63) is 31.0 Å². The lowest BCUT2D eigenvalue weighted by atomic mass is 9.92. The molecule has 0 bridgehead atoms. The van der Waals surface area contributed by atoms with Crippen LogP contribution in [-0.2, 0) is 15.7 Å². The fourth-order valence-corrected chi connectivity index (χ4v) is 7.89. The van der Waals surface area contributed by atoms with Gasteiger partial charge in [-0.3, -0.25) is 4.68 Å². The topological polar surface area (TPSA) is 133 Å². The number of nitrogens with one attached hydrogen (secondary N) is 2. The molecule has 3 aromatic heterocycles. The van der Waals surface area contributed by atoms with Gasteiger partial charge in [-0.15, -0.1) is 0 Å². The number of H-pyrrole nitrogens is 1. The van der Waals surface area contributed by atoms with E-state index in [2.05, 4.69) is 30.8 Å². The van der Waals surface area contributed by atoms with Crippen LogP contribution in [0.15, 0.2) is 31.0 Å². The molecule has 2 saturated carbocycles. The lowest BCUT2D eigenvalue weighted by Gasteiger charge is -2.30. The van der Waals surface area contributed by atoms with Crippen LogP contribution in [0.2, 0.25) is 0 Å². The van der Waals surface area contributed by atoms with Crippen LogP contribution in [0.4, 0.5) is 0 Å². The van der Waals surface area contributed by atoms with Gasteiger partial charge in [0.2, 0.25) is 0 Å². The Bertz CT molecular complexity index is 1340. The van der Waals surface area contributed by atoms with Gasteiger partial charge in [0.25, 0.3) is 10.2 Å². The maximum atomic E-state index is 13.0. The molecule has 4 heterocycles. The van der Waals surface area contributed by atoms with Gasteiger partial charge in [0.15, 0.2) is 0 Å². The number of rotatable bonds is 6. The van der Waals surface area contributed by atoms with E-state index in [4.69, 9.17) is 0 Å². The number of fused-ring (bicyclic) bond motifs is 2. The van der Waals surface area contributed by atoms with Crippen molar-refractivity contribution in [3.8, 4) is 17.3 Å². The van der Waals surface area contributed by atoms with Gasteiger partial charge in [-0.1, -0.05) is 12.8 Å². The third-order valence-electron chi connectivity index (χ3n) is 7.94. The molecule has 2 N–H and O–H groups in total. The minimum Gasteiger partial charge on any atom is -0.346 e. The van der Waals surface area contributed by atoms with Crippen LogP contribution in [0.1, 0.15) is 44.9 Å². The maximum absolute atomic E-state index is 13.0. The van der Waals surface area contributed by atoms with E-state index >= 15 is 0 Å². The van der Waals surface area contributed by atoms with Crippen molar-refractivity contribution in [1.82, 2.24) is 33.8 Å². The Morgan fingerprint density at radius 3 is 2.71 bits per heavy atom. The summed E-state index contributed by atoms with van der Waals surface area (Å²) in [6.45, 7) is 1.01. The third kappa shape index (κ3) is 3.61. The summed E-state index contributed by atoms with van der Waals surface area (Å²) in [5.41, 5.74) is 2.03. The molecule has 1 saturated heterocycles. The van der Waals surface area contributed by atoms with Crippen molar-refractivity contribution in [3.63, 3.8) is 0 Å². The molecule has 0 unspecified atom stereocenters. The smallest absolute Gasteiger partial charge is 0.279 e. The molecule has 1 aliphatic heterocycles. The number of aromatic nitrogens is 5. The third-order valence-corrected chi connectivity index (χ3v) is 9.55. The molecular weight excluding hydrogens is 452 g/mol. The molecule has 178 valence electrons. The molecule has 11 heteroatoms. The minimum absolute atomic E-state index is 0.0684. The average molecular weight is 481 g/mol. The highest BCUT2D eigenvalue weighted by atomic mass is 32.2. The summed E-state index contributed by atoms with van der Waals surface area (Å²) < 4.78 is 32.4. The molecule has 3 aromatic rings. The molecule has 3 fully saturated rings. The molecule has 2 aliphatic carbocycles. The standard InChI is InChI=1S/C23H28N8O2S/c24-7-6-23(31-14-18(11-28-31)21-20-5-8-25-22(20)27-15-26-21)9-16-12-30(13-17(16)10-23)34(32,33)29-19-3-1-2-4-19/h5,8,11,14-17,19,29H,1-4,6,9-10,12-13H2,(H,25,26,27)/t16-,17+,23-. The summed E-state index contributed by atoms with van der Waals surface area (Å²) in [6, 6.07) is 4.38. The fraction of sp³-hybridized carbons (Fsp3) is 0.565. The maximum Gasteiger partial charge on any atom is 0.279 e. The van der Waals surface area contributed by atoms with Crippen LogP contribution < -0.4 is 4.72 Å². The molecule has 0 radical (unpaired) electrons. The Morgan fingerprint density at radius 2 is 1.97 bits per heavy atom. The van der Waals surface area contributed by atoms with Crippen molar-refractivity contribution >= 4 is 21.2 Å². The average Bonchev–Trinajstić information content (AvgIpc) is 3.61. The number of nitriles is 1. The molecule has 0 spiro atoms. The first-order valence-corrected chi connectivity index (χ1v) is 13.4. The first-order chi connectivity index (χ1) is 16.5. The molecule has 34 heavy (non-hydrogen) atoms. The normalized spacial score (nSPS) is 28.0. The summed E-state index contributed by atoms with van der Waals surface area (Å²) in [6.07, 6.45) is 13.0. The second-order valence-electron chi connectivity index (χ2n) is 10.0. The molecule has 3 atom stereocenters. The van der Waals surface area contributed by atoms with Crippen molar-refractivity contribution in [1.29, 1.82) is 5.26 Å². The van der Waals surface area contributed by atoms with E-state index in [1.807, 2.05) is 23.1 Å². The SMILES string of the molecule is N#CC[C@]1(n2cc(-c3ncnc4[nH]ccc34)cn2)C[C@H]2CN(S(=O)(=O)NC3CCCC3)C[C@H]2C1. The second kappa shape index (κ2) is 8.15. The van der Waals surface area contributed by atoms with Gasteiger partial charge in [-0.05, 0) is 43.6 Å². The van der Waals surface area contributed by atoms with E-state index in [1.165, 1.54) is 6.33 Å². The van der Waals surface area contributed by atoms with Crippen LogP contribution in [-0.4, -0.2) is 56.6 Å². The van der Waals surface area contributed by atoms with Crippen molar-refractivity contribution in [2.75, 3.05) is 13.1 Å². The summed E-state index contributed by atoms with van der Waals surface area (Å²) in [4.78, 5) is 11.8.